The van der Waals surface area contributed by atoms with E-state index >= 15 is 0 Å². The van der Waals surface area contributed by atoms with E-state index in [-0.39, 0.29) is 5.91 Å². The molecule has 1 N–H and O–H groups in total. The van der Waals surface area contributed by atoms with Crippen molar-refractivity contribution in [3.05, 3.63) is 23.8 Å². The highest BCUT2D eigenvalue weighted by Crippen LogP contribution is 2.31. The molecule has 114 valence electrons. The van der Waals surface area contributed by atoms with Crippen LogP contribution >= 0.6 is 0 Å². The number of rotatable bonds is 2. The average Bonchev–Trinajstić information content (AvgIpc) is 2.46. The lowest BCUT2D eigenvalue weighted by molar-refractivity contribution is -0.132. The third-order valence-corrected chi connectivity index (χ3v) is 3.87. The molecule has 0 spiro atoms. The van der Waals surface area contributed by atoms with Crippen LogP contribution in [0.4, 0.5) is 0 Å². The highest BCUT2D eigenvalue weighted by atomic mass is 16.6. The Labute approximate surface area is 125 Å². The van der Waals surface area contributed by atoms with Crippen molar-refractivity contribution in [3.63, 3.8) is 0 Å². The molecule has 2 heterocycles. The van der Waals surface area contributed by atoms with Crippen LogP contribution in [0.25, 0.3) is 0 Å². The minimum absolute atomic E-state index is 0.173. The Morgan fingerprint density at radius 1 is 1.19 bits per heavy atom. The molecule has 1 fully saturated rings. The molecule has 0 aromatic heterocycles. The summed E-state index contributed by atoms with van der Waals surface area (Å²) in [4.78, 5) is 14.4. The molecule has 0 saturated carbocycles. The van der Waals surface area contributed by atoms with Crippen LogP contribution in [0, 0.1) is 0 Å². The lowest BCUT2D eigenvalue weighted by atomic mass is 10.1. The van der Waals surface area contributed by atoms with Crippen LogP contribution in [0.15, 0.2) is 18.2 Å². The third-order valence-electron chi connectivity index (χ3n) is 3.87. The molecule has 5 heteroatoms. The van der Waals surface area contributed by atoms with E-state index in [1.54, 1.807) is 0 Å². The largest absolute Gasteiger partial charge is 0.486 e. The molecule has 3 rings (SSSR count). The molecule has 0 radical (unpaired) electrons. The van der Waals surface area contributed by atoms with E-state index in [2.05, 4.69) is 19.2 Å². The first kappa shape index (κ1) is 14.2. The van der Waals surface area contributed by atoms with E-state index in [1.165, 1.54) is 0 Å². The Morgan fingerprint density at radius 3 is 2.57 bits per heavy atom. The average molecular weight is 290 g/mol. The zero-order valence-corrected chi connectivity index (χ0v) is 12.6. The zero-order valence-electron chi connectivity index (χ0n) is 12.6. The fourth-order valence-corrected chi connectivity index (χ4v) is 3.01. The molecule has 0 unspecified atom stereocenters. The molecule has 1 aromatic carbocycles. The van der Waals surface area contributed by atoms with E-state index in [0.717, 1.165) is 30.2 Å². The van der Waals surface area contributed by atoms with Gasteiger partial charge in [0.05, 0.1) is 6.42 Å². The summed E-state index contributed by atoms with van der Waals surface area (Å²) in [5.74, 6) is 1.68. The normalized spacial score (nSPS) is 24.8. The number of carbonyl (C=O) groups is 1. The molecule has 5 nitrogen and oxygen atoms in total. The van der Waals surface area contributed by atoms with Gasteiger partial charge in [-0.1, -0.05) is 6.07 Å². The maximum absolute atomic E-state index is 12.5. The van der Waals surface area contributed by atoms with Crippen LogP contribution in [-0.2, 0) is 11.2 Å². The third kappa shape index (κ3) is 3.29. The fraction of sp³-hybridized carbons (Fsp3) is 0.562. The molecule has 2 aliphatic rings. The number of fused-ring (bicyclic) bond motifs is 1. The van der Waals surface area contributed by atoms with Crippen molar-refractivity contribution in [1.29, 1.82) is 0 Å². The number of benzene rings is 1. The molecule has 1 saturated heterocycles. The number of hydrogen-bond acceptors (Lipinski definition) is 4. The van der Waals surface area contributed by atoms with E-state index in [9.17, 15) is 4.79 Å². The molecule has 0 aliphatic carbocycles. The van der Waals surface area contributed by atoms with Gasteiger partial charge in [0.25, 0.3) is 0 Å². The second kappa shape index (κ2) is 5.93. The Bertz CT molecular complexity index is 522. The van der Waals surface area contributed by atoms with E-state index < -0.39 is 0 Å². The van der Waals surface area contributed by atoms with Crippen LogP contribution in [0.2, 0.25) is 0 Å². The van der Waals surface area contributed by atoms with Gasteiger partial charge in [-0.3, -0.25) is 4.79 Å². The van der Waals surface area contributed by atoms with Crippen molar-refractivity contribution in [2.24, 2.45) is 0 Å². The molecular formula is C16H22N2O3. The predicted octanol–water partition coefficient (Wildman–Crippen LogP) is 1.21. The first-order chi connectivity index (χ1) is 10.1. The molecule has 2 aliphatic heterocycles. The van der Waals surface area contributed by atoms with Crippen LogP contribution < -0.4 is 14.8 Å². The number of hydrogen-bond donors (Lipinski definition) is 1. The van der Waals surface area contributed by atoms with Crippen molar-refractivity contribution in [3.8, 4) is 11.5 Å². The van der Waals surface area contributed by atoms with Gasteiger partial charge in [0, 0.05) is 25.2 Å². The van der Waals surface area contributed by atoms with Crippen molar-refractivity contribution < 1.29 is 14.3 Å². The van der Waals surface area contributed by atoms with Gasteiger partial charge in [0.2, 0.25) is 5.91 Å². The van der Waals surface area contributed by atoms with Gasteiger partial charge in [0.1, 0.15) is 13.2 Å². The topological polar surface area (TPSA) is 50.8 Å². The van der Waals surface area contributed by atoms with Crippen LogP contribution in [-0.4, -0.2) is 49.2 Å². The standard InChI is InChI=1S/C16H22N2O3/c1-11-9-18(10-12(2)17-11)16(19)8-13-3-4-14-15(7-13)21-6-5-20-14/h3-4,7,11-12,17H,5-6,8-10H2,1-2H3/t11-,12-/m0/s1. The lowest BCUT2D eigenvalue weighted by Crippen LogP contribution is -2.56. The van der Waals surface area contributed by atoms with Gasteiger partial charge in [-0.15, -0.1) is 0 Å². The van der Waals surface area contributed by atoms with E-state index in [0.29, 0.717) is 31.7 Å². The van der Waals surface area contributed by atoms with E-state index in [4.69, 9.17) is 9.47 Å². The summed E-state index contributed by atoms with van der Waals surface area (Å²) in [7, 11) is 0. The monoisotopic (exact) mass is 290 g/mol. The summed E-state index contributed by atoms with van der Waals surface area (Å²) >= 11 is 0. The van der Waals surface area contributed by atoms with Gasteiger partial charge in [-0.2, -0.15) is 0 Å². The Hall–Kier alpha value is -1.75. The Balaban J connectivity index is 1.67. The number of piperazine rings is 1. The second-order valence-corrected chi connectivity index (χ2v) is 5.92. The minimum Gasteiger partial charge on any atom is -0.486 e. The van der Waals surface area contributed by atoms with Crippen LogP contribution in [0.5, 0.6) is 11.5 Å². The molecule has 21 heavy (non-hydrogen) atoms. The van der Waals surface area contributed by atoms with Gasteiger partial charge >= 0.3 is 0 Å². The maximum Gasteiger partial charge on any atom is 0.227 e. The maximum atomic E-state index is 12.5. The first-order valence-corrected chi connectivity index (χ1v) is 7.54. The summed E-state index contributed by atoms with van der Waals surface area (Å²) in [6.07, 6.45) is 0.413. The molecule has 2 atom stereocenters. The van der Waals surface area contributed by atoms with Gasteiger partial charge in [-0.05, 0) is 31.5 Å². The van der Waals surface area contributed by atoms with E-state index in [1.807, 2.05) is 23.1 Å². The van der Waals surface area contributed by atoms with Gasteiger partial charge in [0.15, 0.2) is 11.5 Å². The molecular weight excluding hydrogens is 268 g/mol. The SMILES string of the molecule is C[C@H]1CN(C(=O)Cc2ccc3c(c2)OCCO3)C[C@H](C)N1. The second-order valence-electron chi connectivity index (χ2n) is 5.92. The van der Waals surface area contributed by atoms with Crippen LogP contribution in [0.1, 0.15) is 19.4 Å². The highest BCUT2D eigenvalue weighted by Gasteiger charge is 2.25. The number of nitrogens with one attached hydrogen (secondary N) is 1. The lowest BCUT2D eigenvalue weighted by Gasteiger charge is -2.36. The number of amides is 1. The molecule has 1 amide bonds. The fourth-order valence-electron chi connectivity index (χ4n) is 3.01. The summed E-state index contributed by atoms with van der Waals surface area (Å²) in [5, 5.41) is 3.44. The van der Waals surface area contributed by atoms with Crippen molar-refractivity contribution in [2.45, 2.75) is 32.4 Å². The van der Waals surface area contributed by atoms with Crippen molar-refractivity contribution in [1.82, 2.24) is 10.2 Å². The molecule has 1 aromatic rings. The van der Waals surface area contributed by atoms with Crippen LogP contribution in [0.3, 0.4) is 0 Å². The quantitative estimate of drug-likeness (QED) is 0.889. The van der Waals surface area contributed by atoms with Crippen molar-refractivity contribution >= 4 is 5.91 Å². The Morgan fingerprint density at radius 2 is 1.86 bits per heavy atom. The summed E-state index contributed by atoms with van der Waals surface area (Å²) in [5.41, 5.74) is 0.975. The molecule has 0 bridgehead atoms. The zero-order chi connectivity index (χ0) is 14.8. The number of nitrogens with zero attached hydrogens (tertiary/aromatic N) is 1. The summed E-state index contributed by atoms with van der Waals surface area (Å²) in [6.45, 7) is 6.92. The highest BCUT2D eigenvalue weighted by molar-refractivity contribution is 5.79. The summed E-state index contributed by atoms with van der Waals surface area (Å²) in [6, 6.07) is 6.44. The predicted molar refractivity (Wildman–Crippen MR) is 79.8 cm³/mol. The smallest absolute Gasteiger partial charge is 0.227 e. The minimum atomic E-state index is 0.173. The van der Waals surface area contributed by atoms with Crippen molar-refractivity contribution in [2.75, 3.05) is 26.3 Å². The first-order valence-electron chi connectivity index (χ1n) is 7.54. The van der Waals surface area contributed by atoms with Gasteiger partial charge in [-0.25, -0.2) is 0 Å². The van der Waals surface area contributed by atoms with Gasteiger partial charge < -0.3 is 19.7 Å². The number of carbonyl (C=O) groups excluding carboxylic acids is 1. The Kier molecular flexibility index (Phi) is 4.01. The number of ether oxygens (including phenoxy) is 2. The summed E-state index contributed by atoms with van der Waals surface area (Å²) < 4.78 is 11.1.